The van der Waals surface area contributed by atoms with E-state index in [1.54, 1.807) is 0 Å². The molecule has 43 heavy (non-hydrogen) atoms. The molecule has 0 saturated heterocycles. The Bertz CT molecular complexity index is 1890. The van der Waals surface area contributed by atoms with Crippen molar-refractivity contribution >= 4 is 27.7 Å². The predicted molar refractivity (Wildman–Crippen MR) is 173 cm³/mol. The zero-order chi connectivity index (χ0) is 30.5. The van der Waals surface area contributed by atoms with Gasteiger partial charge < -0.3 is 9.52 Å². The summed E-state index contributed by atoms with van der Waals surface area (Å²) >= 11 is 0. The van der Waals surface area contributed by atoms with Gasteiger partial charge in [0.25, 0.3) is 0 Å². The molecule has 5 heteroatoms. The summed E-state index contributed by atoms with van der Waals surface area (Å²) in [5.41, 5.74) is 12.7. The summed E-state index contributed by atoms with van der Waals surface area (Å²) in [6.45, 7) is 18.5. The number of fused-ring (bicyclic) bond motifs is 6. The molecule has 0 unspecified atom stereocenters. The van der Waals surface area contributed by atoms with Crippen LogP contribution in [0.2, 0.25) is 0 Å². The number of aliphatic hydroxyl groups is 1. The molecule has 1 aliphatic rings. The quantitative estimate of drug-likeness (QED) is 0.113. The monoisotopic (exact) mass is 751 g/mol. The van der Waals surface area contributed by atoms with Crippen LogP contribution >= 0.6 is 0 Å². The van der Waals surface area contributed by atoms with E-state index in [0.717, 1.165) is 34.5 Å². The number of aryl methyl sites for hydroxylation is 3. The number of benzene rings is 3. The minimum atomic E-state index is -0.216. The van der Waals surface area contributed by atoms with Crippen LogP contribution in [0.3, 0.4) is 0 Å². The van der Waals surface area contributed by atoms with Gasteiger partial charge in [-0.2, -0.15) is 0 Å². The SMILES string of the molecule is CC(=O)/C=C(/C)O.Cc1cc(C)c2c(C)cc(-c3[c-]ccc4c3C(C)(C)c3c-4oc4ccc(CC(C)C)cc34)nc2c1.[Ir]. The minimum Gasteiger partial charge on any atom is -0.512 e. The van der Waals surface area contributed by atoms with Gasteiger partial charge >= 0.3 is 0 Å². The topological polar surface area (TPSA) is 63.3 Å². The molecule has 1 radical (unpaired) electrons. The van der Waals surface area contributed by atoms with E-state index in [0.29, 0.717) is 5.92 Å². The van der Waals surface area contributed by atoms with Gasteiger partial charge in [0.2, 0.25) is 0 Å². The summed E-state index contributed by atoms with van der Waals surface area (Å²) in [4.78, 5) is 15.2. The maximum absolute atomic E-state index is 10.0. The van der Waals surface area contributed by atoms with Crippen LogP contribution in [0.5, 0.6) is 0 Å². The van der Waals surface area contributed by atoms with Crippen molar-refractivity contribution in [1.82, 2.24) is 4.98 Å². The van der Waals surface area contributed by atoms with Crippen molar-refractivity contribution < 1.29 is 34.4 Å². The Balaban J connectivity index is 0.000000475. The van der Waals surface area contributed by atoms with Crippen molar-refractivity contribution in [3.63, 3.8) is 0 Å². The number of carbonyl (C=O) groups excluding carboxylic acids is 1. The van der Waals surface area contributed by atoms with Crippen LogP contribution in [-0.2, 0) is 36.7 Å². The molecule has 4 nitrogen and oxygen atoms in total. The number of carbonyl (C=O) groups is 1. The number of aromatic nitrogens is 1. The van der Waals surface area contributed by atoms with Crippen LogP contribution in [0, 0.1) is 32.8 Å². The van der Waals surface area contributed by atoms with E-state index in [2.05, 4.69) is 97.0 Å². The number of furan rings is 1. The Morgan fingerprint density at radius 3 is 2.35 bits per heavy atom. The third kappa shape index (κ3) is 6.12. The molecule has 225 valence electrons. The standard InChI is InChI=1S/C33H32NO.C5H8O2.Ir/c1-18(2)13-22-11-12-28-25(17-22)31-32(35-28)24-10-8-9-23(30(24)33(31,6)7)26-16-21(5)29-20(4)14-19(3)15-27(29)34-26;1-4(6)3-5(2)7;/h8,10-12,14-18H,13H2,1-7H3;3,6H,1-2H3;/q-1;;/b;4-3-;. The third-order valence-electron chi connectivity index (χ3n) is 8.00. The molecule has 2 heterocycles. The van der Waals surface area contributed by atoms with Gasteiger partial charge in [-0.15, -0.1) is 29.3 Å². The summed E-state index contributed by atoms with van der Waals surface area (Å²) < 4.78 is 6.51. The molecule has 6 rings (SSSR count). The predicted octanol–water partition coefficient (Wildman–Crippen LogP) is 9.91. The first-order valence-electron chi connectivity index (χ1n) is 14.7. The zero-order valence-corrected chi connectivity index (χ0v) is 28.9. The first kappa shape index (κ1) is 32.4. The van der Waals surface area contributed by atoms with E-state index in [1.807, 2.05) is 6.07 Å². The maximum atomic E-state index is 10.0. The molecule has 1 aliphatic carbocycles. The fourth-order valence-electron chi connectivity index (χ4n) is 6.63. The summed E-state index contributed by atoms with van der Waals surface area (Å²) in [7, 11) is 0. The molecule has 0 amide bonds. The van der Waals surface area contributed by atoms with E-state index in [1.165, 1.54) is 69.6 Å². The molecule has 2 aromatic heterocycles. The van der Waals surface area contributed by atoms with Gasteiger partial charge in [-0.25, -0.2) is 0 Å². The largest absolute Gasteiger partial charge is 0.512 e. The number of allylic oxidation sites excluding steroid dienone is 2. The van der Waals surface area contributed by atoms with Crippen LogP contribution in [0.15, 0.2) is 64.8 Å². The summed E-state index contributed by atoms with van der Waals surface area (Å²) in [5, 5.41) is 10.9. The van der Waals surface area contributed by atoms with Gasteiger partial charge in [-0.1, -0.05) is 51.5 Å². The molecular formula is C38H40IrNO3-. The molecule has 1 N–H and O–H groups in total. The molecule has 0 bridgehead atoms. The second-order valence-corrected chi connectivity index (χ2v) is 12.7. The van der Waals surface area contributed by atoms with Crippen molar-refractivity contribution in [2.24, 2.45) is 5.92 Å². The van der Waals surface area contributed by atoms with Crippen molar-refractivity contribution in [2.75, 3.05) is 0 Å². The first-order valence-corrected chi connectivity index (χ1v) is 14.7. The second kappa shape index (κ2) is 12.2. The van der Waals surface area contributed by atoms with Crippen molar-refractivity contribution in [3.05, 3.63) is 99.8 Å². The van der Waals surface area contributed by atoms with Gasteiger partial charge in [-0.05, 0) is 98.5 Å². The molecule has 0 saturated carbocycles. The first-order chi connectivity index (χ1) is 19.8. The average Bonchev–Trinajstić information content (AvgIpc) is 3.36. The second-order valence-electron chi connectivity index (χ2n) is 12.7. The third-order valence-corrected chi connectivity index (χ3v) is 8.00. The molecule has 0 spiro atoms. The van der Waals surface area contributed by atoms with E-state index < -0.39 is 0 Å². The summed E-state index contributed by atoms with van der Waals surface area (Å²) in [5.74, 6) is 1.56. The fourth-order valence-corrected chi connectivity index (χ4v) is 6.63. The maximum Gasteiger partial charge on any atom is 0.155 e. The Hall–Kier alpha value is -3.53. The Labute approximate surface area is 268 Å². The molecule has 0 fully saturated rings. The minimum absolute atomic E-state index is 0. The Morgan fingerprint density at radius 1 is 1.02 bits per heavy atom. The van der Waals surface area contributed by atoms with Gasteiger partial charge in [0.05, 0.1) is 11.3 Å². The number of nitrogens with zero attached hydrogens (tertiary/aromatic N) is 1. The van der Waals surface area contributed by atoms with Crippen molar-refractivity contribution in [2.45, 2.75) is 74.1 Å². The number of ketones is 1. The molecule has 3 aromatic carbocycles. The zero-order valence-electron chi connectivity index (χ0n) is 26.5. The smallest absolute Gasteiger partial charge is 0.155 e. The van der Waals surface area contributed by atoms with Crippen LogP contribution in [-0.4, -0.2) is 15.9 Å². The Morgan fingerprint density at radius 2 is 1.72 bits per heavy atom. The van der Waals surface area contributed by atoms with Crippen molar-refractivity contribution in [1.29, 1.82) is 0 Å². The fraction of sp³-hybridized carbons (Fsp3) is 0.316. The van der Waals surface area contributed by atoms with Crippen molar-refractivity contribution in [3.8, 4) is 22.6 Å². The van der Waals surface area contributed by atoms with Gasteiger partial charge in [0, 0.05) is 42.5 Å². The van der Waals surface area contributed by atoms with E-state index in [-0.39, 0.29) is 37.1 Å². The number of aliphatic hydroxyl groups excluding tert-OH is 1. The normalized spacial score (nSPS) is 13.4. The van der Waals surface area contributed by atoms with Crippen LogP contribution in [0.25, 0.3) is 44.5 Å². The van der Waals surface area contributed by atoms with E-state index in [9.17, 15) is 4.79 Å². The molecule has 0 atom stereocenters. The molecule has 5 aromatic rings. The van der Waals surface area contributed by atoms with Crippen LogP contribution < -0.4 is 0 Å². The van der Waals surface area contributed by atoms with Gasteiger partial charge in [0.1, 0.15) is 11.3 Å². The molecular weight excluding hydrogens is 711 g/mol. The summed E-state index contributed by atoms with van der Waals surface area (Å²) in [6, 6.07) is 21.1. The summed E-state index contributed by atoms with van der Waals surface area (Å²) in [6.07, 6.45) is 2.24. The average molecular weight is 751 g/mol. The van der Waals surface area contributed by atoms with Gasteiger partial charge in [-0.3, -0.25) is 9.78 Å². The van der Waals surface area contributed by atoms with E-state index in [4.69, 9.17) is 14.5 Å². The Kier molecular flexibility index (Phi) is 9.21. The number of hydrogen-bond acceptors (Lipinski definition) is 4. The van der Waals surface area contributed by atoms with Crippen LogP contribution in [0.1, 0.15) is 74.9 Å². The number of pyridine rings is 1. The van der Waals surface area contributed by atoms with Gasteiger partial charge in [0.15, 0.2) is 5.78 Å². The van der Waals surface area contributed by atoms with E-state index >= 15 is 0 Å². The molecule has 0 aliphatic heterocycles. The van der Waals surface area contributed by atoms with Crippen LogP contribution in [0.4, 0.5) is 0 Å². The number of rotatable bonds is 4. The number of hydrogen-bond donors (Lipinski definition) is 1.